The van der Waals surface area contributed by atoms with Crippen LogP contribution in [0.3, 0.4) is 0 Å². The number of carboxylic acid groups (broad SMARTS) is 1. The summed E-state index contributed by atoms with van der Waals surface area (Å²) >= 11 is 14.0. The smallest absolute Gasteiger partial charge is 0.335 e. The molecule has 0 unspecified atom stereocenters. The largest absolute Gasteiger partial charge is 0.478 e. The Kier molecular flexibility index (Phi) is 6.95. The molecule has 1 aliphatic heterocycles. The van der Waals surface area contributed by atoms with Crippen LogP contribution in [0.25, 0.3) is 11.3 Å². The van der Waals surface area contributed by atoms with E-state index in [2.05, 4.69) is 39.4 Å². The fourth-order valence-electron chi connectivity index (χ4n) is 4.20. The molecular formula is C27H23Cl2N3O2S. The number of carbonyl (C=O) groups is 1. The minimum Gasteiger partial charge on any atom is -0.478 e. The Morgan fingerprint density at radius 3 is 2.34 bits per heavy atom. The van der Waals surface area contributed by atoms with E-state index in [0.29, 0.717) is 16.6 Å². The number of halogens is 2. The topological polar surface area (TPSA) is 56.7 Å². The molecule has 5 rings (SSSR count). The summed E-state index contributed by atoms with van der Waals surface area (Å²) in [5.74, 6) is -0.946. The lowest BCUT2D eigenvalue weighted by atomic mass is 10.1. The molecule has 1 aliphatic rings. The average molecular weight is 524 g/mol. The molecule has 5 nitrogen and oxygen atoms in total. The van der Waals surface area contributed by atoms with Crippen molar-refractivity contribution in [2.75, 3.05) is 22.9 Å². The van der Waals surface area contributed by atoms with E-state index >= 15 is 0 Å². The number of anilines is 3. The van der Waals surface area contributed by atoms with E-state index in [1.807, 2.05) is 24.3 Å². The van der Waals surface area contributed by atoms with Crippen molar-refractivity contribution in [1.29, 1.82) is 0 Å². The molecule has 0 radical (unpaired) electrons. The van der Waals surface area contributed by atoms with Crippen LogP contribution in [-0.4, -0.2) is 29.1 Å². The number of aromatic nitrogens is 1. The molecule has 1 N–H and O–H groups in total. The molecule has 8 heteroatoms. The van der Waals surface area contributed by atoms with Gasteiger partial charge in [-0.15, -0.1) is 11.3 Å². The summed E-state index contributed by atoms with van der Waals surface area (Å²) in [6.07, 6.45) is 2.50. The molecule has 1 saturated heterocycles. The summed E-state index contributed by atoms with van der Waals surface area (Å²) < 4.78 is 0. The van der Waals surface area contributed by atoms with Crippen LogP contribution >= 0.6 is 34.5 Å². The zero-order valence-electron chi connectivity index (χ0n) is 18.8. The first kappa shape index (κ1) is 23.7. The van der Waals surface area contributed by atoms with Crippen LogP contribution < -0.4 is 9.80 Å². The summed E-state index contributed by atoms with van der Waals surface area (Å²) in [6, 6.07) is 20.9. The molecule has 0 bridgehead atoms. The van der Waals surface area contributed by atoms with E-state index in [-0.39, 0.29) is 5.56 Å². The van der Waals surface area contributed by atoms with Gasteiger partial charge in [-0.2, -0.15) is 0 Å². The molecule has 0 amide bonds. The summed E-state index contributed by atoms with van der Waals surface area (Å²) in [5, 5.41) is 13.0. The summed E-state index contributed by atoms with van der Waals surface area (Å²) in [4.78, 5) is 20.6. The van der Waals surface area contributed by atoms with Gasteiger partial charge >= 0.3 is 5.97 Å². The molecule has 178 valence electrons. The zero-order chi connectivity index (χ0) is 24.4. The molecule has 35 heavy (non-hydrogen) atoms. The molecule has 4 aromatic rings. The van der Waals surface area contributed by atoms with Crippen molar-refractivity contribution in [3.8, 4) is 11.3 Å². The highest BCUT2D eigenvalue weighted by Gasteiger charge is 2.18. The van der Waals surface area contributed by atoms with Gasteiger partial charge in [-0.25, -0.2) is 9.78 Å². The van der Waals surface area contributed by atoms with Crippen molar-refractivity contribution in [1.82, 2.24) is 4.98 Å². The van der Waals surface area contributed by atoms with Crippen LogP contribution in [0.15, 0.2) is 72.1 Å². The van der Waals surface area contributed by atoms with E-state index < -0.39 is 5.97 Å². The lowest BCUT2D eigenvalue weighted by Crippen LogP contribution is -2.17. The van der Waals surface area contributed by atoms with Crippen LogP contribution in [0.4, 0.5) is 16.5 Å². The second-order valence-corrected chi connectivity index (χ2v) is 10.1. The van der Waals surface area contributed by atoms with E-state index in [1.54, 1.807) is 29.5 Å². The van der Waals surface area contributed by atoms with Crippen molar-refractivity contribution in [3.05, 3.63) is 93.3 Å². The Morgan fingerprint density at radius 2 is 1.69 bits per heavy atom. The Morgan fingerprint density at radius 1 is 0.971 bits per heavy atom. The molecule has 0 atom stereocenters. The van der Waals surface area contributed by atoms with Gasteiger partial charge in [0.25, 0.3) is 0 Å². The molecular weight excluding hydrogens is 501 g/mol. The van der Waals surface area contributed by atoms with Crippen molar-refractivity contribution in [3.63, 3.8) is 0 Å². The monoisotopic (exact) mass is 523 g/mol. The quantitative estimate of drug-likeness (QED) is 0.268. The van der Waals surface area contributed by atoms with Crippen molar-refractivity contribution < 1.29 is 9.90 Å². The number of hydrogen-bond donors (Lipinski definition) is 1. The first-order valence-electron chi connectivity index (χ1n) is 11.3. The number of nitrogens with zero attached hydrogens (tertiary/aromatic N) is 3. The standard InChI is InChI=1S/C27H23Cl2N3O2S/c28-23-12-11-22(15-24(23)29)32(16-18-3-5-20(6-4-18)26(33)34)27-30-25(17-35-27)19-7-9-21(10-8-19)31-13-1-2-14-31/h3-12,15,17H,1-2,13-14,16H2,(H,33,34). The number of aromatic carboxylic acids is 1. The van der Waals surface area contributed by atoms with Gasteiger partial charge in [0, 0.05) is 35.4 Å². The lowest BCUT2D eigenvalue weighted by molar-refractivity contribution is 0.0697. The van der Waals surface area contributed by atoms with Crippen LogP contribution in [0, 0.1) is 0 Å². The fourth-order valence-corrected chi connectivity index (χ4v) is 5.34. The van der Waals surface area contributed by atoms with Gasteiger partial charge in [0.15, 0.2) is 5.13 Å². The van der Waals surface area contributed by atoms with Gasteiger partial charge in [-0.3, -0.25) is 0 Å². The Balaban J connectivity index is 1.44. The predicted molar refractivity (Wildman–Crippen MR) is 145 cm³/mol. The third-order valence-electron chi connectivity index (χ3n) is 6.11. The third kappa shape index (κ3) is 5.30. The number of hydrogen-bond acceptors (Lipinski definition) is 5. The first-order chi connectivity index (χ1) is 17.0. The highest BCUT2D eigenvalue weighted by Crippen LogP contribution is 2.36. The van der Waals surface area contributed by atoms with Gasteiger partial charge in [0.2, 0.25) is 0 Å². The minimum absolute atomic E-state index is 0.253. The zero-order valence-corrected chi connectivity index (χ0v) is 21.2. The third-order valence-corrected chi connectivity index (χ3v) is 7.72. The highest BCUT2D eigenvalue weighted by atomic mass is 35.5. The van der Waals surface area contributed by atoms with E-state index in [0.717, 1.165) is 40.7 Å². The van der Waals surface area contributed by atoms with Gasteiger partial charge in [0.05, 0.1) is 27.8 Å². The van der Waals surface area contributed by atoms with Crippen LogP contribution in [0.1, 0.15) is 28.8 Å². The van der Waals surface area contributed by atoms with E-state index in [4.69, 9.17) is 28.2 Å². The molecule has 0 saturated carbocycles. The normalized spacial score (nSPS) is 13.3. The fraction of sp³-hybridized carbons (Fsp3) is 0.185. The van der Waals surface area contributed by atoms with Crippen molar-refractivity contribution in [2.45, 2.75) is 19.4 Å². The SMILES string of the molecule is O=C(O)c1ccc(CN(c2ccc(Cl)c(Cl)c2)c2nc(-c3ccc(N4CCCC4)cc3)cs2)cc1. The highest BCUT2D eigenvalue weighted by molar-refractivity contribution is 7.14. The van der Waals surface area contributed by atoms with Crippen molar-refractivity contribution in [2.24, 2.45) is 0 Å². The number of rotatable bonds is 7. The van der Waals surface area contributed by atoms with Crippen molar-refractivity contribution >= 4 is 57.0 Å². The number of benzene rings is 3. The molecule has 0 aliphatic carbocycles. The average Bonchev–Trinajstić information content (AvgIpc) is 3.58. The molecule has 2 heterocycles. The van der Waals surface area contributed by atoms with Gasteiger partial charge in [-0.1, -0.05) is 47.5 Å². The summed E-state index contributed by atoms with van der Waals surface area (Å²) in [7, 11) is 0. The van der Waals surface area contributed by atoms with Crippen LogP contribution in [-0.2, 0) is 6.54 Å². The second-order valence-electron chi connectivity index (χ2n) is 8.44. The number of thiazole rings is 1. The summed E-state index contributed by atoms with van der Waals surface area (Å²) in [5.41, 5.74) is 5.28. The molecule has 1 fully saturated rings. The Hall–Kier alpha value is -3.06. The van der Waals surface area contributed by atoms with E-state index in [1.165, 1.54) is 18.5 Å². The minimum atomic E-state index is -0.946. The summed E-state index contributed by atoms with van der Waals surface area (Å²) in [6.45, 7) is 2.73. The van der Waals surface area contributed by atoms with Crippen LogP contribution in [0.5, 0.6) is 0 Å². The molecule has 3 aromatic carbocycles. The van der Waals surface area contributed by atoms with Crippen LogP contribution in [0.2, 0.25) is 10.0 Å². The Labute approximate surface area is 218 Å². The van der Waals surface area contributed by atoms with Gasteiger partial charge < -0.3 is 14.9 Å². The first-order valence-corrected chi connectivity index (χ1v) is 13.0. The predicted octanol–water partition coefficient (Wildman–Crippen LogP) is 7.75. The molecule has 0 spiro atoms. The second kappa shape index (κ2) is 10.3. The van der Waals surface area contributed by atoms with Gasteiger partial charge in [-0.05, 0) is 60.9 Å². The maximum absolute atomic E-state index is 11.2. The Bertz CT molecular complexity index is 1330. The maximum Gasteiger partial charge on any atom is 0.335 e. The van der Waals surface area contributed by atoms with E-state index in [9.17, 15) is 9.90 Å². The van der Waals surface area contributed by atoms with Gasteiger partial charge in [0.1, 0.15) is 0 Å². The maximum atomic E-state index is 11.2. The number of carboxylic acids is 1. The molecule has 1 aromatic heterocycles. The lowest BCUT2D eigenvalue weighted by Gasteiger charge is -2.23.